The van der Waals surface area contributed by atoms with Gasteiger partial charge in [-0.05, 0) is 6.07 Å². The molecule has 0 bridgehead atoms. The number of hydrogen-bond donors (Lipinski definition) is 2. The molecule has 1 aromatic rings. The molecule has 0 spiro atoms. The minimum atomic E-state index is -4.37. The maximum absolute atomic E-state index is 12.0. The lowest BCUT2D eigenvalue weighted by atomic mass is 10.3. The Bertz CT molecular complexity index is 530. The SMILES string of the molecule is NC(=O)Cc1cc(=S)n(CCC(F)(F)F)c(=O)[nH]1. The van der Waals surface area contributed by atoms with Crippen LogP contribution in [0, 0.1) is 4.64 Å². The van der Waals surface area contributed by atoms with Crippen molar-refractivity contribution in [1.82, 2.24) is 9.55 Å². The van der Waals surface area contributed by atoms with Gasteiger partial charge in [-0.3, -0.25) is 9.36 Å². The molecule has 0 unspecified atom stereocenters. The fourth-order valence-corrected chi connectivity index (χ4v) is 1.62. The number of carbonyl (C=O) groups is 1. The summed E-state index contributed by atoms with van der Waals surface area (Å²) >= 11 is 4.79. The first-order chi connectivity index (χ1) is 8.19. The zero-order valence-corrected chi connectivity index (χ0v) is 9.90. The number of primary amides is 1. The quantitative estimate of drug-likeness (QED) is 0.804. The number of hydrogen-bond acceptors (Lipinski definition) is 3. The molecule has 3 N–H and O–H groups in total. The molecule has 0 fully saturated rings. The third-order valence-corrected chi connectivity index (χ3v) is 2.40. The Hall–Kier alpha value is -1.64. The summed E-state index contributed by atoms with van der Waals surface area (Å²) in [4.78, 5) is 24.4. The molecule has 9 heteroatoms. The molecule has 1 heterocycles. The lowest BCUT2D eigenvalue weighted by molar-refractivity contribution is -0.136. The van der Waals surface area contributed by atoms with Crippen LogP contribution in [0.1, 0.15) is 12.1 Å². The van der Waals surface area contributed by atoms with E-state index < -0.39 is 30.7 Å². The predicted octanol–water partition coefficient (Wildman–Crippen LogP) is 0.886. The first-order valence-corrected chi connectivity index (χ1v) is 5.28. The summed E-state index contributed by atoms with van der Waals surface area (Å²) in [5.41, 5.74) is 4.32. The fourth-order valence-electron chi connectivity index (χ4n) is 1.30. The van der Waals surface area contributed by atoms with Crippen molar-refractivity contribution in [2.75, 3.05) is 0 Å². The highest BCUT2D eigenvalue weighted by molar-refractivity contribution is 7.71. The fraction of sp³-hybridized carbons (Fsp3) is 0.444. The van der Waals surface area contributed by atoms with Gasteiger partial charge in [0.25, 0.3) is 0 Å². The number of H-pyrrole nitrogens is 1. The summed E-state index contributed by atoms with van der Waals surface area (Å²) in [7, 11) is 0. The minimum Gasteiger partial charge on any atom is -0.369 e. The Morgan fingerprint density at radius 3 is 2.56 bits per heavy atom. The van der Waals surface area contributed by atoms with E-state index in [0.29, 0.717) is 0 Å². The summed E-state index contributed by atoms with van der Waals surface area (Å²) in [6, 6.07) is 1.25. The molecule has 0 aliphatic heterocycles. The van der Waals surface area contributed by atoms with Crippen molar-refractivity contribution in [3.63, 3.8) is 0 Å². The van der Waals surface area contributed by atoms with Gasteiger partial charge in [0, 0.05) is 12.2 Å². The molecule has 0 radical (unpaired) electrons. The zero-order valence-electron chi connectivity index (χ0n) is 9.08. The van der Waals surface area contributed by atoms with Crippen LogP contribution in [-0.2, 0) is 17.8 Å². The van der Waals surface area contributed by atoms with Crippen LogP contribution in [0.4, 0.5) is 13.2 Å². The van der Waals surface area contributed by atoms with Crippen LogP contribution >= 0.6 is 12.2 Å². The Balaban J connectivity index is 2.99. The van der Waals surface area contributed by atoms with Crippen molar-refractivity contribution >= 4 is 18.1 Å². The normalized spacial score (nSPS) is 11.5. The summed E-state index contributed by atoms with van der Waals surface area (Å²) in [6.45, 7) is -0.561. The monoisotopic (exact) mass is 281 g/mol. The van der Waals surface area contributed by atoms with Gasteiger partial charge in [0.2, 0.25) is 5.91 Å². The van der Waals surface area contributed by atoms with Crippen molar-refractivity contribution < 1.29 is 18.0 Å². The number of aromatic nitrogens is 2. The second kappa shape index (κ2) is 5.34. The highest BCUT2D eigenvalue weighted by Gasteiger charge is 2.27. The van der Waals surface area contributed by atoms with Crippen molar-refractivity contribution in [1.29, 1.82) is 0 Å². The van der Waals surface area contributed by atoms with Crippen LogP contribution < -0.4 is 11.4 Å². The second-order valence-electron chi connectivity index (χ2n) is 3.60. The van der Waals surface area contributed by atoms with E-state index in [1.807, 2.05) is 0 Å². The Kier molecular flexibility index (Phi) is 4.28. The van der Waals surface area contributed by atoms with Crippen molar-refractivity contribution in [2.24, 2.45) is 5.73 Å². The lowest BCUT2D eigenvalue weighted by Crippen LogP contribution is -2.28. The van der Waals surface area contributed by atoms with E-state index in [1.54, 1.807) is 0 Å². The van der Waals surface area contributed by atoms with E-state index in [9.17, 15) is 22.8 Å². The first kappa shape index (κ1) is 14.4. The van der Waals surface area contributed by atoms with Crippen LogP contribution in [0.2, 0.25) is 0 Å². The first-order valence-electron chi connectivity index (χ1n) is 4.87. The number of halogens is 3. The number of aromatic amines is 1. The van der Waals surface area contributed by atoms with Gasteiger partial charge >= 0.3 is 11.9 Å². The second-order valence-corrected chi connectivity index (χ2v) is 4.02. The average Bonchev–Trinajstić information content (AvgIpc) is 2.12. The molecule has 1 rings (SSSR count). The average molecular weight is 281 g/mol. The molecule has 0 saturated heterocycles. The highest BCUT2D eigenvalue weighted by atomic mass is 32.1. The predicted molar refractivity (Wildman–Crippen MR) is 59.5 cm³/mol. The van der Waals surface area contributed by atoms with Gasteiger partial charge in [-0.15, -0.1) is 0 Å². The number of alkyl halides is 3. The molecular weight excluding hydrogens is 271 g/mol. The van der Waals surface area contributed by atoms with Crippen LogP contribution in [0.3, 0.4) is 0 Å². The van der Waals surface area contributed by atoms with E-state index in [1.165, 1.54) is 6.07 Å². The van der Waals surface area contributed by atoms with Crippen molar-refractivity contribution in [2.45, 2.75) is 25.6 Å². The molecule has 0 saturated carbocycles. The van der Waals surface area contributed by atoms with Crippen LogP contribution in [0.25, 0.3) is 0 Å². The molecule has 100 valence electrons. The molecule has 0 atom stereocenters. The summed E-state index contributed by atoms with van der Waals surface area (Å²) in [6.07, 6.45) is -5.74. The van der Waals surface area contributed by atoms with Gasteiger partial charge in [-0.2, -0.15) is 13.2 Å². The number of nitrogens with two attached hydrogens (primary N) is 1. The van der Waals surface area contributed by atoms with E-state index >= 15 is 0 Å². The largest absolute Gasteiger partial charge is 0.390 e. The van der Waals surface area contributed by atoms with E-state index in [2.05, 4.69) is 4.98 Å². The molecule has 18 heavy (non-hydrogen) atoms. The van der Waals surface area contributed by atoms with E-state index in [4.69, 9.17) is 18.0 Å². The Labute approximate surface area is 104 Å². The van der Waals surface area contributed by atoms with Gasteiger partial charge < -0.3 is 10.7 Å². The molecule has 1 amide bonds. The number of nitrogens with zero attached hydrogens (tertiary/aromatic N) is 1. The van der Waals surface area contributed by atoms with E-state index in [-0.39, 0.29) is 16.8 Å². The van der Waals surface area contributed by atoms with Crippen LogP contribution in [0.15, 0.2) is 10.9 Å². The summed E-state index contributed by atoms with van der Waals surface area (Å²) in [5, 5.41) is 0. The molecule has 0 aromatic carbocycles. The van der Waals surface area contributed by atoms with Crippen LogP contribution in [0.5, 0.6) is 0 Å². The van der Waals surface area contributed by atoms with Crippen molar-refractivity contribution in [3.8, 4) is 0 Å². The highest BCUT2D eigenvalue weighted by Crippen LogP contribution is 2.19. The third kappa shape index (κ3) is 4.32. The Morgan fingerprint density at radius 1 is 1.50 bits per heavy atom. The zero-order chi connectivity index (χ0) is 13.9. The number of carbonyl (C=O) groups excluding carboxylic acids is 1. The molecule has 0 aliphatic rings. The maximum atomic E-state index is 12.0. The smallest absolute Gasteiger partial charge is 0.369 e. The maximum Gasteiger partial charge on any atom is 0.390 e. The van der Waals surface area contributed by atoms with Crippen molar-refractivity contribution in [3.05, 3.63) is 26.9 Å². The van der Waals surface area contributed by atoms with Gasteiger partial charge in [0.1, 0.15) is 4.64 Å². The third-order valence-electron chi connectivity index (χ3n) is 2.06. The van der Waals surface area contributed by atoms with Gasteiger partial charge in [0.15, 0.2) is 0 Å². The summed E-state index contributed by atoms with van der Waals surface area (Å²) in [5.74, 6) is -0.673. The number of rotatable bonds is 4. The molecular formula is C9H10F3N3O2S. The topological polar surface area (TPSA) is 80.9 Å². The standard InChI is InChI=1S/C9H10F3N3O2S/c10-9(11,12)1-2-15-7(18)4-5(3-6(13)16)14-8(15)17/h4H,1-3H2,(H2,13,16)(H,14,17). The lowest BCUT2D eigenvalue weighted by Gasteiger charge is -2.09. The van der Waals surface area contributed by atoms with E-state index in [0.717, 1.165) is 4.57 Å². The summed E-state index contributed by atoms with van der Waals surface area (Å²) < 4.78 is 36.8. The molecule has 1 aromatic heterocycles. The molecule has 5 nitrogen and oxygen atoms in total. The Morgan fingerprint density at radius 2 is 2.11 bits per heavy atom. The number of amides is 1. The van der Waals surface area contributed by atoms with Gasteiger partial charge in [-0.1, -0.05) is 12.2 Å². The molecule has 0 aliphatic carbocycles. The van der Waals surface area contributed by atoms with Crippen LogP contribution in [-0.4, -0.2) is 21.6 Å². The minimum absolute atomic E-state index is 0.0701. The number of nitrogens with one attached hydrogen (secondary N) is 1. The van der Waals surface area contributed by atoms with Gasteiger partial charge in [-0.25, -0.2) is 4.79 Å². The van der Waals surface area contributed by atoms with Gasteiger partial charge in [0.05, 0.1) is 12.8 Å².